The molecule has 0 aliphatic heterocycles. The second-order valence-corrected chi connectivity index (χ2v) is 13.8. The molecule has 0 radical (unpaired) electrons. The van der Waals surface area contributed by atoms with Crippen LogP contribution in [0.3, 0.4) is 0 Å². The predicted molar refractivity (Wildman–Crippen MR) is 160 cm³/mol. The number of hydrogen-bond donors (Lipinski definition) is 4. The number of thiophene rings is 1. The molecule has 0 saturated carbocycles. The lowest BCUT2D eigenvalue weighted by Crippen LogP contribution is -2.41. The van der Waals surface area contributed by atoms with Gasteiger partial charge in [-0.05, 0) is 53.9 Å². The molecule has 4 rings (SSSR count). The monoisotopic (exact) mass is 668 g/mol. The van der Waals surface area contributed by atoms with E-state index in [9.17, 15) is 26.4 Å². The Labute approximate surface area is 255 Å². The number of anilines is 1. The Hall–Kier alpha value is -3.66. The van der Waals surface area contributed by atoms with E-state index in [-0.39, 0.29) is 37.6 Å². The van der Waals surface area contributed by atoms with Gasteiger partial charge in [0.1, 0.15) is 14.9 Å². The number of hydrazine groups is 1. The third-order valence-electron chi connectivity index (χ3n) is 5.65. The molecular formula is C26H22Cl2N4O7S3. The molecule has 3 aromatic carbocycles. The zero-order chi connectivity index (χ0) is 30.5. The molecule has 42 heavy (non-hydrogen) atoms. The summed E-state index contributed by atoms with van der Waals surface area (Å²) in [6, 6.07) is 17.4. The van der Waals surface area contributed by atoms with Crippen LogP contribution in [-0.2, 0) is 26.6 Å². The van der Waals surface area contributed by atoms with Crippen molar-refractivity contribution in [1.29, 1.82) is 0 Å². The fourth-order valence-corrected chi connectivity index (χ4v) is 7.49. The van der Waals surface area contributed by atoms with Gasteiger partial charge in [-0.25, -0.2) is 21.6 Å². The number of carbonyl (C=O) groups is 2. The largest absolute Gasteiger partial charge is 0.496 e. The lowest BCUT2D eigenvalue weighted by Gasteiger charge is -2.14. The first kappa shape index (κ1) is 31.3. The molecule has 0 bridgehead atoms. The van der Waals surface area contributed by atoms with Crippen molar-refractivity contribution in [3.05, 3.63) is 105 Å². The van der Waals surface area contributed by atoms with Crippen molar-refractivity contribution in [2.45, 2.75) is 15.6 Å². The average molecular weight is 670 g/mol. The smallest absolute Gasteiger partial charge is 0.271 e. The number of rotatable bonds is 10. The van der Waals surface area contributed by atoms with E-state index in [1.807, 2.05) is 0 Å². The molecule has 0 aliphatic rings. The van der Waals surface area contributed by atoms with E-state index >= 15 is 0 Å². The summed E-state index contributed by atoms with van der Waals surface area (Å²) in [5.74, 6) is -1.16. The third-order valence-corrected chi connectivity index (χ3v) is 10.6. The molecule has 1 aromatic heterocycles. The van der Waals surface area contributed by atoms with E-state index in [1.54, 1.807) is 35.7 Å². The van der Waals surface area contributed by atoms with Crippen LogP contribution >= 0.6 is 34.5 Å². The van der Waals surface area contributed by atoms with E-state index in [4.69, 9.17) is 27.9 Å². The number of sulfonamides is 2. The van der Waals surface area contributed by atoms with E-state index in [0.717, 1.165) is 23.5 Å². The zero-order valence-electron chi connectivity index (χ0n) is 21.6. The Bertz CT molecular complexity index is 1830. The van der Waals surface area contributed by atoms with Gasteiger partial charge in [0.2, 0.25) is 10.0 Å². The van der Waals surface area contributed by atoms with Crippen LogP contribution in [0.25, 0.3) is 0 Å². The number of para-hydroxylation sites is 1. The highest BCUT2D eigenvalue weighted by Gasteiger charge is 2.23. The molecule has 0 saturated heterocycles. The van der Waals surface area contributed by atoms with Gasteiger partial charge < -0.3 is 4.74 Å². The number of ether oxygens (including phenoxy) is 1. The zero-order valence-corrected chi connectivity index (χ0v) is 25.5. The Kier molecular flexibility index (Phi) is 9.76. The summed E-state index contributed by atoms with van der Waals surface area (Å²) < 4.78 is 61.0. The number of nitrogens with one attached hydrogen (secondary N) is 4. The van der Waals surface area contributed by atoms with Crippen molar-refractivity contribution >= 4 is 72.1 Å². The summed E-state index contributed by atoms with van der Waals surface area (Å²) in [6.07, 6.45) is 0. The molecular weight excluding hydrogens is 647 g/mol. The molecule has 4 aromatic rings. The molecule has 2 amide bonds. The van der Waals surface area contributed by atoms with E-state index in [0.29, 0.717) is 11.3 Å². The minimum absolute atomic E-state index is 0.0976. The van der Waals surface area contributed by atoms with Crippen molar-refractivity contribution in [3.8, 4) is 5.75 Å². The lowest BCUT2D eigenvalue weighted by molar-refractivity contribution is 0.0846. The average Bonchev–Trinajstić information content (AvgIpc) is 3.51. The fourth-order valence-electron chi connectivity index (χ4n) is 3.57. The Morgan fingerprint density at radius 2 is 1.52 bits per heavy atom. The number of methoxy groups -OCH3 is 1. The van der Waals surface area contributed by atoms with Crippen LogP contribution in [-0.4, -0.2) is 35.8 Å². The van der Waals surface area contributed by atoms with Gasteiger partial charge in [0, 0.05) is 23.4 Å². The first-order valence-electron chi connectivity index (χ1n) is 11.8. The summed E-state index contributed by atoms with van der Waals surface area (Å²) in [7, 11) is -6.51. The van der Waals surface area contributed by atoms with Gasteiger partial charge in [0.05, 0.1) is 22.7 Å². The van der Waals surface area contributed by atoms with Gasteiger partial charge in [-0.15, -0.1) is 11.3 Å². The first-order chi connectivity index (χ1) is 19.9. The molecule has 16 heteroatoms. The summed E-state index contributed by atoms with van der Waals surface area (Å²) in [5, 5.41) is 1.26. The van der Waals surface area contributed by atoms with Gasteiger partial charge in [-0.1, -0.05) is 47.5 Å². The standard InChI is InChI=1S/C26H22Cl2N4O7S3/c1-39-22-6-3-2-5-17(22)15-29-41(35,36)23-13-19(20(27)14-21(23)28)26(34)31-30-25(33)16-8-10-18(11-9-16)32-42(37,38)24-7-4-12-40-24/h2-14,29,32H,15H2,1H3,(H,30,33)(H,31,34). The quantitative estimate of drug-likeness (QED) is 0.182. The number of carbonyl (C=O) groups excluding carboxylic acids is 2. The van der Waals surface area contributed by atoms with Crippen molar-refractivity contribution in [2.75, 3.05) is 11.8 Å². The summed E-state index contributed by atoms with van der Waals surface area (Å²) in [5.41, 5.74) is 5.00. The predicted octanol–water partition coefficient (Wildman–Crippen LogP) is 4.42. The topological polar surface area (TPSA) is 160 Å². The van der Waals surface area contributed by atoms with Crippen LogP contribution in [0.5, 0.6) is 5.75 Å². The maximum Gasteiger partial charge on any atom is 0.271 e. The maximum absolute atomic E-state index is 13.0. The minimum Gasteiger partial charge on any atom is -0.496 e. The maximum atomic E-state index is 13.0. The van der Waals surface area contributed by atoms with Crippen molar-refractivity contribution in [2.24, 2.45) is 0 Å². The van der Waals surface area contributed by atoms with Crippen LogP contribution in [0.1, 0.15) is 26.3 Å². The molecule has 0 aliphatic carbocycles. The third kappa shape index (κ3) is 7.40. The number of hydrogen-bond acceptors (Lipinski definition) is 8. The molecule has 11 nitrogen and oxygen atoms in total. The van der Waals surface area contributed by atoms with E-state index in [2.05, 4.69) is 20.3 Å². The van der Waals surface area contributed by atoms with Gasteiger partial charge in [0.25, 0.3) is 21.8 Å². The molecule has 4 N–H and O–H groups in total. The Morgan fingerprint density at radius 1 is 0.833 bits per heavy atom. The van der Waals surface area contributed by atoms with Crippen LogP contribution in [0.4, 0.5) is 5.69 Å². The fraction of sp³-hybridized carbons (Fsp3) is 0.0769. The first-order valence-corrected chi connectivity index (χ1v) is 16.4. The minimum atomic E-state index is -4.20. The van der Waals surface area contributed by atoms with E-state index in [1.165, 1.54) is 37.4 Å². The summed E-state index contributed by atoms with van der Waals surface area (Å²) >= 11 is 13.4. The van der Waals surface area contributed by atoms with Gasteiger partial charge in [0.15, 0.2) is 0 Å². The second-order valence-electron chi connectivity index (χ2n) is 8.42. The Balaban J connectivity index is 1.42. The summed E-state index contributed by atoms with van der Waals surface area (Å²) in [6.45, 7) is -0.114. The van der Waals surface area contributed by atoms with Gasteiger partial charge >= 0.3 is 0 Å². The Morgan fingerprint density at radius 3 is 2.19 bits per heavy atom. The lowest BCUT2D eigenvalue weighted by atomic mass is 10.2. The van der Waals surface area contributed by atoms with Crippen LogP contribution in [0, 0.1) is 0 Å². The number of amides is 2. The number of benzene rings is 3. The molecule has 220 valence electrons. The van der Waals surface area contributed by atoms with E-state index < -0.39 is 36.8 Å². The highest BCUT2D eigenvalue weighted by Crippen LogP contribution is 2.29. The second kappa shape index (κ2) is 13.1. The molecule has 0 fully saturated rings. The van der Waals surface area contributed by atoms with Crippen LogP contribution < -0.4 is 25.0 Å². The normalized spacial score (nSPS) is 11.5. The van der Waals surface area contributed by atoms with Crippen molar-refractivity contribution < 1.29 is 31.2 Å². The number of halogens is 2. The van der Waals surface area contributed by atoms with Crippen LogP contribution in [0.2, 0.25) is 10.0 Å². The van der Waals surface area contributed by atoms with Gasteiger partial charge in [-0.3, -0.25) is 25.2 Å². The molecule has 1 heterocycles. The highest BCUT2D eigenvalue weighted by atomic mass is 35.5. The van der Waals surface area contributed by atoms with Crippen molar-refractivity contribution in [1.82, 2.24) is 15.6 Å². The SMILES string of the molecule is COc1ccccc1CNS(=O)(=O)c1cc(C(=O)NNC(=O)c2ccc(NS(=O)(=O)c3cccs3)cc2)c(Cl)cc1Cl. The van der Waals surface area contributed by atoms with Gasteiger partial charge in [-0.2, -0.15) is 0 Å². The molecule has 0 spiro atoms. The molecule has 0 atom stereocenters. The molecule has 0 unspecified atom stereocenters. The summed E-state index contributed by atoms with van der Waals surface area (Å²) in [4.78, 5) is 25.0. The van der Waals surface area contributed by atoms with Crippen LogP contribution in [0.15, 0.2) is 87.3 Å². The van der Waals surface area contributed by atoms with Crippen molar-refractivity contribution in [3.63, 3.8) is 0 Å². The highest BCUT2D eigenvalue weighted by molar-refractivity contribution is 7.94.